The zero-order valence-corrected chi connectivity index (χ0v) is 12.5. The predicted molar refractivity (Wildman–Crippen MR) is 85.2 cm³/mol. The van der Waals surface area contributed by atoms with E-state index in [0.29, 0.717) is 13.1 Å². The van der Waals surface area contributed by atoms with E-state index in [1.807, 2.05) is 50.4 Å². The van der Waals surface area contributed by atoms with E-state index in [9.17, 15) is 4.79 Å². The highest BCUT2D eigenvalue weighted by Crippen LogP contribution is 2.12. The number of hydrogen-bond donors (Lipinski definition) is 1. The Labute approximate surface area is 125 Å². The van der Waals surface area contributed by atoms with E-state index in [1.165, 1.54) is 5.56 Å². The molecule has 0 aliphatic rings. The maximum absolute atomic E-state index is 12.1. The Bertz CT molecular complexity index is 584. The quantitative estimate of drug-likeness (QED) is 0.886. The van der Waals surface area contributed by atoms with E-state index >= 15 is 0 Å². The minimum Gasteiger partial charge on any atom is -0.376 e. The van der Waals surface area contributed by atoms with Gasteiger partial charge in [-0.1, -0.05) is 18.2 Å². The van der Waals surface area contributed by atoms with Crippen molar-refractivity contribution in [2.45, 2.75) is 13.3 Å². The van der Waals surface area contributed by atoms with Gasteiger partial charge in [-0.3, -0.25) is 9.78 Å². The molecule has 2 rings (SSSR count). The molecule has 0 spiro atoms. The zero-order valence-electron chi connectivity index (χ0n) is 12.5. The van der Waals surface area contributed by atoms with Crippen molar-refractivity contribution in [2.75, 3.05) is 25.5 Å². The summed E-state index contributed by atoms with van der Waals surface area (Å²) in [4.78, 5) is 17.8. The third kappa shape index (κ3) is 4.60. The highest BCUT2D eigenvalue weighted by Gasteiger charge is 2.08. The monoisotopic (exact) mass is 283 g/mol. The number of amides is 1. The summed E-state index contributed by atoms with van der Waals surface area (Å²) in [6, 6.07) is 11.9. The van der Waals surface area contributed by atoms with Crippen molar-refractivity contribution in [3.05, 3.63) is 59.9 Å². The first kappa shape index (κ1) is 15.0. The highest BCUT2D eigenvalue weighted by atomic mass is 16.2. The summed E-state index contributed by atoms with van der Waals surface area (Å²) in [7, 11) is 1.84. The van der Waals surface area contributed by atoms with Crippen LogP contribution in [0.25, 0.3) is 0 Å². The second-order valence-electron chi connectivity index (χ2n) is 5.09. The first-order valence-corrected chi connectivity index (χ1v) is 7.09. The molecule has 4 nitrogen and oxygen atoms in total. The lowest BCUT2D eigenvalue weighted by Crippen LogP contribution is -2.33. The van der Waals surface area contributed by atoms with Gasteiger partial charge in [0.1, 0.15) is 0 Å². The summed E-state index contributed by atoms with van der Waals surface area (Å²) < 4.78 is 0. The molecular formula is C17H21N3O. The van der Waals surface area contributed by atoms with E-state index in [4.69, 9.17) is 0 Å². The maximum Gasteiger partial charge on any atom is 0.241 e. The van der Waals surface area contributed by atoms with Crippen molar-refractivity contribution in [3.8, 4) is 0 Å². The number of carbonyl (C=O) groups excluding carboxylic acids is 1. The Kier molecular flexibility index (Phi) is 5.32. The number of benzene rings is 1. The Balaban J connectivity index is 1.79. The van der Waals surface area contributed by atoms with Gasteiger partial charge in [-0.2, -0.15) is 0 Å². The Morgan fingerprint density at radius 3 is 2.62 bits per heavy atom. The van der Waals surface area contributed by atoms with Crippen LogP contribution in [0.15, 0.2) is 48.8 Å². The molecule has 1 N–H and O–H groups in total. The molecule has 0 saturated heterocycles. The van der Waals surface area contributed by atoms with E-state index < -0.39 is 0 Å². The lowest BCUT2D eigenvalue weighted by atomic mass is 10.2. The van der Waals surface area contributed by atoms with Crippen molar-refractivity contribution in [1.82, 2.24) is 9.88 Å². The number of anilines is 1. The first-order valence-electron chi connectivity index (χ1n) is 7.09. The average Bonchev–Trinajstić information content (AvgIpc) is 2.52. The van der Waals surface area contributed by atoms with Crippen molar-refractivity contribution >= 4 is 11.6 Å². The lowest BCUT2D eigenvalue weighted by Gasteiger charge is -2.18. The SMILES string of the molecule is Cc1ccccc1NCC(=O)N(C)CCc1ccncc1. The van der Waals surface area contributed by atoms with Gasteiger partial charge in [0.05, 0.1) is 6.54 Å². The fourth-order valence-corrected chi connectivity index (χ4v) is 2.05. The van der Waals surface area contributed by atoms with Crippen LogP contribution in [0, 0.1) is 6.92 Å². The van der Waals surface area contributed by atoms with Gasteiger partial charge in [0.15, 0.2) is 0 Å². The molecule has 0 unspecified atom stereocenters. The van der Waals surface area contributed by atoms with Crippen molar-refractivity contribution in [2.24, 2.45) is 0 Å². The summed E-state index contributed by atoms with van der Waals surface area (Å²) in [5.74, 6) is 0.0901. The van der Waals surface area contributed by atoms with Gasteiger partial charge in [0.25, 0.3) is 0 Å². The molecule has 1 aromatic carbocycles. The number of likely N-dealkylation sites (N-methyl/N-ethyl adjacent to an activating group) is 1. The smallest absolute Gasteiger partial charge is 0.241 e. The van der Waals surface area contributed by atoms with Crippen LogP contribution in [0.4, 0.5) is 5.69 Å². The van der Waals surface area contributed by atoms with Crippen LogP contribution >= 0.6 is 0 Å². The van der Waals surface area contributed by atoms with Crippen LogP contribution in [0.5, 0.6) is 0 Å². The molecule has 1 heterocycles. The molecule has 0 bridgehead atoms. The van der Waals surface area contributed by atoms with Crippen LogP contribution < -0.4 is 5.32 Å². The van der Waals surface area contributed by atoms with Crippen molar-refractivity contribution in [3.63, 3.8) is 0 Å². The Morgan fingerprint density at radius 1 is 1.19 bits per heavy atom. The van der Waals surface area contributed by atoms with Crippen LogP contribution in [-0.4, -0.2) is 35.9 Å². The van der Waals surface area contributed by atoms with Crippen molar-refractivity contribution in [1.29, 1.82) is 0 Å². The summed E-state index contributed by atoms with van der Waals surface area (Å²) in [6.45, 7) is 3.05. The minimum atomic E-state index is 0.0901. The molecule has 0 radical (unpaired) electrons. The molecule has 0 atom stereocenters. The van der Waals surface area contributed by atoms with E-state index in [2.05, 4.69) is 10.3 Å². The highest BCUT2D eigenvalue weighted by molar-refractivity contribution is 5.80. The number of aryl methyl sites for hydroxylation is 1. The van der Waals surface area contributed by atoms with E-state index in [-0.39, 0.29) is 5.91 Å². The summed E-state index contributed by atoms with van der Waals surface area (Å²) in [5, 5.41) is 3.19. The van der Waals surface area contributed by atoms with E-state index in [0.717, 1.165) is 17.7 Å². The molecule has 1 amide bonds. The molecule has 0 saturated carbocycles. The molecule has 21 heavy (non-hydrogen) atoms. The van der Waals surface area contributed by atoms with Gasteiger partial charge in [-0.15, -0.1) is 0 Å². The van der Waals surface area contributed by atoms with Gasteiger partial charge < -0.3 is 10.2 Å². The van der Waals surface area contributed by atoms with E-state index in [1.54, 1.807) is 17.3 Å². The Morgan fingerprint density at radius 2 is 1.90 bits per heavy atom. The summed E-state index contributed by atoms with van der Waals surface area (Å²) in [5.41, 5.74) is 3.34. The predicted octanol–water partition coefficient (Wildman–Crippen LogP) is 2.50. The number of nitrogens with zero attached hydrogens (tertiary/aromatic N) is 2. The number of pyridine rings is 1. The molecule has 2 aromatic rings. The lowest BCUT2D eigenvalue weighted by molar-refractivity contribution is -0.127. The molecular weight excluding hydrogens is 262 g/mol. The molecule has 110 valence electrons. The molecule has 0 aliphatic carbocycles. The molecule has 1 aromatic heterocycles. The summed E-state index contributed by atoms with van der Waals surface area (Å²) >= 11 is 0. The van der Waals surface area contributed by atoms with Crippen LogP contribution in [0.3, 0.4) is 0 Å². The van der Waals surface area contributed by atoms with Crippen LogP contribution in [0.2, 0.25) is 0 Å². The third-order valence-electron chi connectivity index (χ3n) is 3.49. The largest absolute Gasteiger partial charge is 0.376 e. The van der Waals surface area contributed by atoms with Crippen molar-refractivity contribution < 1.29 is 4.79 Å². The van der Waals surface area contributed by atoms with Gasteiger partial charge in [0.2, 0.25) is 5.91 Å². The van der Waals surface area contributed by atoms with Crippen LogP contribution in [0.1, 0.15) is 11.1 Å². The standard InChI is InChI=1S/C17H21N3O/c1-14-5-3-4-6-16(14)19-13-17(21)20(2)12-9-15-7-10-18-11-8-15/h3-8,10-11,19H,9,12-13H2,1-2H3. The third-order valence-corrected chi connectivity index (χ3v) is 3.49. The van der Waals surface area contributed by atoms with Gasteiger partial charge >= 0.3 is 0 Å². The zero-order chi connectivity index (χ0) is 15.1. The Hall–Kier alpha value is -2.36. The first-order chi connectivity index (χ1) is 10.2. The fraction of sp³-hybridized carbons (Fsp3) is 0.294. The number of nitrogens with one attached hydrogen (secondary N) is 1. The number of rotatable bonds is 6. The van der Waals surface area contributed by atoms with Gasteiger partial charge in [0, 0.05) is 31.7 Å². The molecule has 0 fully saturated rings. The van der Waals surface area contributed by atoms with Gasteiger partial charge in [-0.25, -0.2) is 0 Å². The molecule has 0 aliphatic heterocycles. The molecule has 4 heteroatoms. The number of carbonyl (C=O) groups is 1. The summed E-state index contributed by atoms with van der Waals surface area (Å²) in [6.07, 6.45) is 4.39. The maximum atomic E-state index is 12.1. The topological polar surface area (TPSA) is 45.2 Å². The average molecular weight is 283 g/mol. The number of aromatic nitrogens is 1. The normalized spacial score (nSPS) is 10.2. The van der Waals surface area contributed by atoms with Crippen LogP contribution in [-0.2, 0) is 11.2 Å². The fourth-order valence-electron chi connectivity index (χ4n) is 2.05. The minimum absolute atomic E-state index is 0.0901. The number of para-hydroxylation sites is 1. The second-order valence-corrected chi connectivity index (χ2v) is 5.09. The van der Waals surface area contributed by atoms with Gasteiger partial charge in [-0.05, 0) is 42.7 Å². The number of hydrogen-bond acceptors (Lipinski definition) is 3. The second kappa shape index (κ2) is 7.43.